The van der Waals surface area contributed by atoms with E-state index in [1.807, 2.05) is 24.3 Å². The van der Waals surface area contributed by atoms with Gasteiger partial charge in [0.1, 0.15) is 11.4 Å². The molecule has 8 rings (SSSR count). The Labute approximate surface area is 262 Å². The number of nitrogens with zero attached hydrogens (tertiary/aromatic N) is 3. The lowest BCUT2D eigenvalue weighted by atomic mass is 9.85. The lowest BCUT2D eigenvalue weighted by molar-refractivity contribution is 0.590. The van der Waals surface area contributed by atoms with Gasteiger partial charge < -0.3 is 4.42 Å². The number of hydrogen-bond donors (Lipinski definition) is 0. The first-order valence-electron chi connectivity index (χ1n) is 15.4. The molecule has 0 amide bonds. The Morgan fingerprint density at radius 2 is 1.36 bits per heavy atom. The van der Waals surface area contributed by atoms with E-state index < -0.39 is 0 Å². The van der Waals surface area contributed by atoms with Crippen LogP contribution in [0.1, 0.15) is 31.9 Å². The summed E-state index contributed by atoms with van der Waals surface area (Å²) in [7, 11) is 0. The number of rotatable bonds is 4. The minimum absolute atomic E-state index is 0.00486. The molecule has 4 nitrogen and oxygen atoms in total. The molecular weight excluding hydrogens is 550 g/mol. The highest BCUT2D eigenvalue weighted by Crippen LogP contribution is 2.41. The van der Waals surface area contributed by atoms with Crippen molar-refractivity contribution >= 4 is 33.1 Å². The maximum Gasteiger partial charge on any atom is 0.227 e. The molecule has 0 fully saturated rings. The summed E-state index contributed by atoms with van der Waals surface area (Å²) >= 11 is 0. The molecule has 0 saturated carbocycles. The van der Waals surface area contributed by atoms with Crippen LogP contribution in [0.2, 0.25) is 0 Å². The zero-order valence-electron chi connectivity index (χ0n) is 25.9. The summed E-state index contributed by atoms with van der Waals surface area (Å²) in [6, 6.07) is 44.6. The summed E-state index contributed by atoms with van der Waals surface area (Å²) in [5.41, 5.74) is 12.1. The van der Waals surface area contributed by atoms with Crippen molar-refractivity contribution in [2.24, 2.45) is 0 Å². The Morgan fingerprint density at radius 3 is 2.11 bits per heavy atom. The molecular formula is C41H33N3O. The van der Waals surface area contributed by atoms with Gasteiger partial charge in [0, 0.05) is 21.9 Å². The standard InChI is InChI=1S/C41H33N3O/c1-26-19-21-31(38-37(26)30-22-23-33(43-40(30)45-38)28-15-9-6-10-16-28)39-42-34-17-11-12-18-36(34)44(39)35-24-20-29(41(2,3)4)25-32(35)27-13-7-5-8-14-27/h5-25H,1-4H3. The van der Waals surface area contributed by atoms with Crippen molar-refractivity contribution < 1.29 is 4.42 Å². The molecule has 0 spiro atoms. The zero-order valence-corrected chi connectivity index (χ0v) is 25.9. The molecule has 8 aromatic rings. The van der Waals surface area contributed by atoms with Crippen molar-refractivity contribution in [3.8, 4) is 39.5 Å². The Morgan fingerprint density at radius 1 is 0.644 bits per heavy atom. The molecule has 0 bridgehead atoms. The van der Waals surface area contributed by atoms with Crippen molar-refractivity contribution in [3.05, 3.63) is 139 Å². The third-order valence-electron chi connectivity index (χ3n) is 8.75. The second kappa shape index (κ2) is 10.3. The number of aromatic nitrogens is 3. The number of para-hydroxylation sites is 2. The Kier molecular flexibility index (Phi) is 6.21. The third kappa shape index (κ3) is 4.53. The monoisotopic (exact) mass is 583 g/mol. The number of benzene rings is 5. The molecule has 4 heteroatoms. The predicted octanol–water partition coefficient (Wildman–Crippen LogP) is 10.9. The van der Waals surface area contributed by atoms with Crippen LogP contribution < -0.4 is 0 Å². The molecule has 3 heterocycles. The minimum atomic E-state index is 0.00486. The van der Waals surface area contributed by atoms with E-state index in [9.17, 15) is 0 Å². The topological polar surface area (TPSA) is 43.9 Å². The lowest BCUT2D eigenvalue weighted by Crippen LogP contribution is -2.12. The van der Waals surface area contributed by atoms with E-state index in [0.29, 0.717) is 5.71 Å². The molecule has 0 aliphatic heterocycles. The second-order valence-corrected chi connectivity index (χ2v) is 12.8. The van der Waals surface area contributed by atoms with E-state index >= 15 is 0 Å². The smallest absolute Gasteiger partial charge is 0.227 e. The van der Waals surface area contributed by atoms with Gasteiger partial charge in [-0.15, -0.1) is 0 Å². The van der Waals surface area contributed by atoms with E-state index in [1.165, 1.54) is 5.56 Å². The second-order valence-electron chi connectivity index (χ2n) is 12.8. The quantitative estimate of drug-likeness (QED) is 0.207. The number of fused-ring (bicyclic) bond motifs is 4. The summed E-state index contributed by atoms with van der Waals surface area (Å²) in [6.07, 6.45) is 0. The van der Waals surface area contributed by atoms with Gasteiger partial charge in [0.25, 0.3) is 0 Å². The first-order chi connectivity index (χ1) is 21.9. The first-order valence-corrected chi connectivity index (χ1v) is 15.4. The fraction of sp³-hybridized carbons (Fsp3) is 0.122. The van der Waals surface area contributed by atoms with Gasteiger partial charge >= 0.3 is 0 Å². The fourth-order valence-electron chi connectivity index (χ4n) is 6.37. The van der Waals surface area contributed by atoms with Crippen LogP contribution in [0.25, 0.3) is 72.6 Å². The fourth-order valence-corrected chi connectivity index (χ4v) is 6.37. The maximum atomic E-state index is 6.68. The van der Waals surface area contributed by atoms with Gasteiger partial charge in [0.05, 0.1) is 28.0 Å². The van der Waals surface area contributed by atoms with E-state index in [4.69, 9.17) is 14.4 Å². The van der Waals surface area contributed by atoms with Crippen molar-refractivity contribution in [3.63, 3.8) is 0 Å². The van der Waals surface area contributed by atoms with Crippen LogP contribution in [0.4, 0.5) is 0 Å². The van der Waals surface area contributed by atoms with Crippen LogP contribution in [0.5, 0.6) is 0 Å². The first kappa shape index (κ1) is 27.1. The molecule has 218 valence electrons. The van der Waals surface area contributed by atoms with E-state index in [1.54, 1.807) is 0 Å². The molecule has 0 aliphatic rings. The number of furan rings is 1. The van der Waals surface area contributed by atoms with Gasteiger partial charge in [-0.25, -0.2) is 9.97 Å². The predicted molar refractivity (Wildman–Crippen MR) is 186 cm³/mol. The maximum absolute atomic E-state index is 6.68. The van der Waals surface area contributed by atoms with Crippen LogP contribution in [-0.2, 0) is 5.41 Å². The van der Waals surface area contributed by atoms with Crippen molar-refractivity contribution in [1.82, 2.24) is 14.5 Å². The summed E-state index contributed by atoms with van der Waals surface area (Å²) in [4.78, 5) is 10.2. The number of pyridine rings is 1. The SMILES string of the molecule is Cc1ccc(-c2nc3ccccc3n2-c2ccc(C(C)(C)C)cc2-c2ccccc2)c2oc3nc(-c4ccccc4)ccc3c12. The molecule has 45 heavy (non-hydrogen) atoms. The van der Waals surface area contributed by atoms with E-state index in [2.05, 4.69) is 135 Å². The van der Waals surface area contributed by atoms with Crippen LogP contribution in [0.3, 0.4) is 0 Å². The lowest BCUT2D eigenvalue weighted by Gasteiger charge is -2.23. The molecule has 0 atom stereocenters. The normalized spacial score (nSPS) is 12.0. The Bertz CT molecular complexity index is 2360. The van der Waals surface area contributed by atoms with Crippen molar-refractivity contribution in [2.75, 3.05) is 0 Å². The summed E-state index contributed by atoms with van der Waals surface area (Å²) in [6.45, 7) is 8.91. The third-order valence-corrected chi connectivity index (χ3v) is 8.75. The molecule has 3 aromatic heterocycles. The Hall–Kier alpha value is -5.48. The number of hydrogen-bond acceptors (Lipinski definition) is 3. The number of aryl methyl sites for hydroxylation is 1. The van der Waals surface area contributed by atoms with Gasteiger partial charge in [-0.2, -0.15) is 0 Å². The highest BCUT2D eigenvalue weighted by Gasteiger charge is 2.24. The van der Waals surface area contributed by atoms with Gasteiger partial charge in [0.15, 0.2) is 0 Å². The average Bonchev–Trinajstić information content (AvgIpc) is 3.64. The molecule has 0 saturated heterocycles. The van der Waals surface area contributed by atoms with Gasteiger partial charge in [-0.05, 0) is 71.5 Å². The molecule has 0 unspecified atom stereocenters. The van der Waals surface area contributed by atoms with Gasteiger partial charge in [-0.3, -0.25) is 4.57 Å². The largest absolute Gasteiger partial charge is 0.437 e. The minimum Gasteiger partial charge on any atom is -0.437 e. The highest BCUT2D eigenvalue weighted by molar-refractivity contribution is 6.10. The zero-order chi connectivity index (χ0) is 30.7. The van der Waals surface area contributed by atoms with Crippen LogP contribution in [-0.4, -0.2) is 14.5 Å². The molecule has 0 aliphatic carbocycles. The molecule has 0 radical (unpaired) electrons. The summed E-state index contributed by atoms with van der Waals surface area (Å²) in [5, 5.41) is 2.07. The molecule has 5 aromatic carbocycles. The molecule has 0 N–H and O–H groups in total. The van der Waals surface area contributed by atoms with Crippen molar-refractivity contribution in [1.29, 1.82) is 0 Å². The average molecular weight is 584 g/mol. The van der Waals surface area contributed by atoms with Crippen molar-refractivity contribution in [2.45, 2.75) is 33.1 Å². The van der Waals surface area contributed by atoms with Gasteiger partial charge in [0.2, 0.25) is 5.71 Å². The van der Waals surface area contributed by atoms with Crippen LogP contribution >= 0.6 is 0 Å². The van der Waals surface area contributed by atoms with Crippen LogP contribution in [0, 0.1) is 6.92 Å². The van der Waals surface area contributed by atoms with Gasteiger partial charge in [-0.1, -0.05) is 106 Å². The summed E-state index contributed by atoms with van der Waals surface area (Å²) < 4.78 is 8.98. The highest BCUT2D eigenvalue weighted by atomic mass is 16.3. The van der Waals surface area contributed by atoms with E-state index in [0.717, 1.165) is 72.4 Å². The Balaban J connectivity index is 1.42. The summed E-state index contributed by atoms with van der Waals surface area (Å²) in [5.74, 6) is 0.837. The number of imidazole rings is 1. The van der Waals surface area contributed by atoms with Crippen LogP contribution in [0.15, 0.2) is 132 Å². The van der Waals surface area contributed by atoms with E-state index in [-0.39, 0.29) is 5.41 Å².